The molecular formula is C19H27N3O4. The molecule has 2 heterocycles. The number of para-hydroxylation sites is 1. The van der Waals surface area contributed by atoms with Gasteiger partial charge in [0.25, 0.3) is 0 Å². The van der Waals surface area contributed by atoms with Crippen molar-refractivity contribution >= 4 is 12.1 Å². The van der Waals surface area contributed by atoms with Crippen molar-refractivity contribution in [1.82, 2.24) is 15.1 Å². The van der Waals surface area contributed by atoms with Gasteiger partial charge in [-0.05, 0) is 45.0 Å². The van der Waals surface area contributed by atoms with Gasteiger partial charge >= 0.3 is 12.1 Å². The molecule has 1 aromatic carbocycles. The molecule has 3 rings (SSSR count). The fourth-order valence-corrected chi connectivity index (χ4v) is 3.43. The third-order valence-corrected chi connectivity index (χ3v) is 4.97. The van der Waals surface area contributed by atoms with Gasteiger partial charge in [0.1, 0.15) is 5.75 Å². The summed E-state index contributed by atoms with van der Waals surface area (Å²) >= 11 is 0. The molecule has 1 atom stereocenters. The Bertz CT molecular complexity index is 596. The van der Waals surface area contributed by atoms with Crippen LogP contribution in [0.5, 0.6) is 5.75 Å². The molecule has 142 valence electrons. The lowest BCUT2D eigenvalue weighted by atomic mass is 10.0. The smallest absolute Gasteiger partial charge is 0.417 e. The summed E-state index contributed by atoms with van der Waals surface area (Å²) < 4.78 is 10.5. The minimum atomic E-state index is -0.836. The van der Waals surface area contributed by atoms with Crippen molar-refractivity contribution in [2.75, 3.05) is 39.3 Å². The third-order valence-electron chi connectivity index (χ3n) is 4.97. The van der Waals surface area contributed by atoms with Crippen LogP contribution in [0.4, 0.5) is 4.79 Å². The number of piperidine rings is 1. The van der Waals surface area contributed by atoms with E-state index in [9.17, 15) is 9.59 Å². The van der Waals surface area contributed by atoms with Gasteiger partial charge in [0.05, 0.1) is 0 Å². The standard InChI is InChI=1S/C19H27N3O4/c1-15(25-17-5-3-2-4-6-17)18(23)26-19(24)22-13-11-21(12-14-22)16-7-9-20-10-8-16/h2-6,15-16,20H,7-14H2,1H3. The van der Waals surface area contributed by atoms with Gasteiger partial charge in [0.2, 0.25) is 0 Å². The second kappa shape index (κ2) is 9.00. The first kappa shape index (κ1) is 18.7. The molecule has 1 N–H and O–H groups in total. The van der Waals surface area contributed by atoms with E-state index in [1.165, 1.54) is 0 Å². The van der Waals surface area contributed by atoms with Crippen molar-refractivity contribution in [3.8, 4) is 5.75 Å². The second-order valence-corrected chi connectivity index (χ2v) is 6.76. The number of esters is 1. The van der Waals surface area contributed by atoms with Gasteiger partial charge in [-0.2, -0.15) is 0 Å². The van der Waals surface area contributed by atoms with Gasteiger partial charge in [-0.3, -0.25) is 4.90 Å². The maximum atomic E-state index is 12.2. The van der Waals surface area contributed by atoms with E-state index in [4.69, 9.17) is 9.47 Å². The fraction of sp³-hybridized carbons (Fsp3) is 0.579. The third kappa shape index (κ3) is 4.95. The average molecular weight is 361 g/mol. The SMILES string of the molecule is CC(Oc1ccccc1)C(=O)OC(=O)N1CCN(C2CCNCC2)CC1. The summed E-state index contributed by atoms with van der Waals surface area (Å²) in [5.74, 6) is -0.0976. The number of benzene rings is 1. The van der Waals surface area contributed by atoms with E-state index in [1.807, 2.05) is 18.2 Å². The Balaban J connectivity index is 1.42. The number of amides is 1. The lowest BCUT2D eigenvalue weighted by molar-refractivity contribution is -0.145. The van der Waals surface area contributed by atoms with Crippen LogP contribution in [-0.4, -0.2) is 73.3 Å². The zero-order valence-corrected chi connectivity index (χ0v) is 15.2. The van der Waals surface area contributed by atoms with Crippen LogP contribution in [0.25, 0.3) is 0 Å². The molecule has 0 spiro atoms. The van der Waals surface area contributed by atoms with Crippen LogP contribution in [-0.2, 0) is 9.53 Å². The molecule has 2 aliphatic heterocycles. The van der Waals surface area contributed by atoms with E-state index in [-0.39, 0.29) is 0 Å². The van der Waals surface area contributed by atoms with Crippen LogP contribution < -0.4 is 10.1 Å². The van der Waals surface area contributed by atoms with E-state index in [1.54, 1.807) is 24.0 Å². The minimum Gasteiger partial charge on any atom is -0.479 e. The molecule has 0 aliphatic carbocycles. The molecule has 7 nitrogen and oxygen atoms in total. The summed E-state index contributed by atoms with van der Waals surface area (Å²) in [7, 11) is 0. The van der Waals surface area contributed by atoms with E-state index < -0.39 is 18.2 Å². The molecule has 0 radical (unpaired) electrons. The van der Waals surface area contributed by atoms with Crippen molar-refractivity contribution < 1.29 is 19.1 Å². The lowest BCUT2D eigenvalue weighted by Crippen LogP contribution is -2.54. The Labute approximate surface area is 154 Å². The van der Waals surface area contributed by atoms with Crippen molar-refractivity contribution in [3.05, 3.63) is 30.3 Å². The number of nitrogens with zero attached hydrogens (tertiary/aromatic N) is 2. The average Bonchev–Trinajstić information content (AvgIpc) is 2.69. The molecule has 1 amide bonds. The molecule has 2 saturated heterocycles. The predicted octanol–water partition coefficient (Wildman–Crippen LogP) is 1.49. The quantitative estimate of drug-likeness (QED) is 0.647. The molecule has 0 aromatic heterocycles. The van der Waals surface area contributed by atoms with E-state index >= 15 is 0 Å². The van der Waals surface area contributed by atoms with Gasteiger partial charge in [-0.25, -0.2) is 9.59 Å². The van der Waals surface area contributed by atoms with Gasteiger partial charge in [-0.15, -0.1) is 0 Å². The van der Waals surface area contributed by atoms with Gasteiger partial charge in [0.15, 0.2) is 6.10 Å². The maximum absolute atomic E-state index is 12.2. The molecule has 26 heavy (non-hydrogen) atoms. The molecule has 2 fully saturated rings. The first-order chi connectivity index (χ1) is 12.6. The van der Waals surface area contributed by atoms with E-state index in [0.717, 1.165) is 39.0 Å². The highest BCUT2D eigenvalue weighted by Gasteiger charge is 2.29. The molecular weight excluding hydrogens is 334 g/mol. The summed E-state index contributed by atoms with van der Waals surface area (Å²) in [5, 5.41) is 3.37. The Morgan fingerprint density at radius 3 is 2.38 bits per heavy atom. The Morgan fingerprint density at radius 2 is 1.73 bits per heavy atom. The van der Waals surface area contributed by atoms with Crippen molar-refractivity contribution in [2.24, 2.45) is 0 Å². The Morgan fingerprint density at radius 1 is 1.08 bits per heavy atom. The summed E-state index contributed by atoms with van der Waals surface area (Å²) in [4.78, 5) is 28.4. The monoisotopic (exact) mass is 361 g/mol. The number of nitrogens with one attached hydrogen (secondary N) is 1. The molecule has 7 heteroatoms. The number of carbonyl (C=O) groups excluding carboxylic acids is 2. The van der Waals surface area contributed by atoms with Gasteiger partial charge < -0.3 is 19.7 Å². The summed E-state index contributed by atoms with van der Waals surface area (Å²) in [6, 6.07) is 9.61. The zero-order valence-electron chi connectivity index (χ0n) is 15.2. The number of carbonyl (C=O) groups is 2. The van der Waals surface area contributed by atoms with Gasteiger partial charge in [0, 0.05) is 32.2 Å². The first-order valence-electron chi connectivity index (χ1n) is 9.30. The van der Waals surface area contributed by atoms with Crippen LogP contribution >= 0.6 is 0 Å². The molecule has 2 aliphatic rings. The topological polar surface area (TPSA) is 71.1 Å². The highest BCUT2D eigenvalue weighted by Crippen LogP contribution is 2.15. The fourth-order valence-electron chi connectivity index (χ4n) is 3.43. The first-order valence-corrected chi connectivity index (χ1v) is 9.30. The van der Waals surface area contributed by atoms with Crippen LogP contribution in [0.1, 0.15) is 19.8 Å². The van der Waals surface area contributed by atoms with Crippen molar-refractivity contribution in [1.29, 1.82) is 0 Å². The van der Waals surface area contributed by atoms with Crippen LogP contribution in [0.15, 0.2) is 30.3 Å². The normalized spacial score (nSPS) is 20.4. The number of piperazine rings is 1. The summed E-state index contributed by atoms with van der Waals surface area (Å²) in [6.07, 6.45) is 0.884. The zero-order chi connectivity index (χ0) is 18.4. The van der Waals surface area contributed by atoms with Crippen molar-refractivity contribution in [2.45, 2.75) is 31.9 Å². The second-order valence-electron chi connectivity index (χ2n) is 6.76. The maximum Gasteiger partial charge on any atom is 0.417 e. The van der Waals surface area contributed by atoms with E-state index in [2.05, 4.69) is 10.2 Å². The molecule has 1 unspecified atom stereocenters. The van der Waals surface area contributed by atoms with Gasteiger partial charge in [-0.1, -0.05) is 18.2 Å². The van der Waals surface area contributed by atoms with Crippen LogP contribution in [0.2, 0.25) is 0 Å². The van der Waals surface area contributed by atoms with Crippen molar-refractivity contribution in [3.63, 3.8) is 0 Å². The highest BCUT2D eigenvalue weighted by molar-refractivity contribution is 5.87. The number of rotatable bonds is 4. The predicted molar refractivity (Wildman–Crippen MR) is 97.1 cm³/mol. The van der Waals surface area contributed by atoms with Crippen LogP contribution in [0.3, 0.4) is 0 Å². The summed E-state index contributed by atoms with van der Waals surface area (Å²) in [5.41, 5.74) is 0. The minimum absolute atomic E-state index is 0.569. The number of hydrogen-bond acceptors (Lipinski definition) is 6. The molecule has 1 aromatic rings. The lowest BCUT2D eigenvalue weighted by Gasteiger charge is -2.40. The Hall–Kier alpha value is -2.12. The molecule has 0 saturated carbocycles. The largest absolute Gasteiger partial charge is 0.479 e. The number of ether oxygens (including phenoxy) is 2. The number of hydrogen-bond donors (Lipinski definition) is 1. The Kier molecular flexibility index (Phi) is 6.46. The molecule has 0 bridgehead atoms. The highest BCUT2D eigenvalue weighted by atomic mass is 16.6. The van der Waals surface area contributed by atoms with E-state index in [0.29, 0.717) is 24.9 Å². The van der Waals surface area contributed by atoms with Crippen LogP contribution in [0, 0.1) is 0 Å². The summed E-state index contributed by atoms with van der Waals surface area (Å²) in [6.45, 7) is 6.51.